The van der Waals surface area contributed by atoms with Gasteiger partial charge in [0.25, 0.3) is 0 Å². The van der Waals surface area contributed by atoms with Crippen molar-refractivity contribution in [2.45, 2.75) is 50.5 Å². The molecule has 0 aromatic carbocycles. The van der Waals surface area contributed by atoms with E-state index in [2.05, 4.69) is 11.6 Å². The Hall–Kier alpha value is -0.380. The Labute approximate surface area is 90.0 Å². The maximum atomic E-state index is 11.3. The highest BCUT2D eigenvalue weighted by Crippen LogP contribution is 2.30. The molecule has 0 aromatic rings. The van der Waals surface area contributed by atoms with Crippen LogP contribution in [0, 0.1) is 0 Å². The van der Waals surface area contributed by atoms with Crippen molar-refractivity contribution in [2.75, 3.05) is 6.26 Å². The lowest BCUT2D eigenvalue weighted by Crippen LogP contribution is -2.47. The second-order valence-electron chi connectivity index (χ2n) is 4.67. The highest BCUT2D eigenvalue weighted by molar-refractivity contribution is 7.99. The van der Waals surface area contributed by atoms with E-state index < -0.39 is 5.60 Å². The maximum Gasteiger partial charge on any atom is 0.407 e. The molecule has 1 aliphatic carbocycles. The number of carbonyl (C=O) groups excluding carboxylic acids is 1. The molecule has 0 saturated heterocycles. The van der Waals surface area contributed by atoms with Gasteiger partial charge in [-0.3, -0.25) is 0 Å². The minimum absolute atomic E-state index is 0.290. The summed E-state index contributed by atoms with van der Waals surface area (Å²) in [6.07, 6.45) is 3.96. The van der Waals surface area contributed by atoms with Gasteiger partial charge in [0.1, 0.15) is 5.60 Å². The van der Waals surface area contributed by atoms with Gasteiger partial charge in [0.05, 0.1) is 0 Å². The molecule has 3 nitrogen and oxygen atoms in total. The fourth-order valence-electron chi connectivity index (χ4n) is 1.35. The van der Waals surface area contributed by atoms with E-state index in [1.165, 1.54) is 0 Å². The standard InChI is InChI=1S/C10H19NO2S/c1-10(2,3)13-9(12)11-7-5-8(6-7)14-4/h7-8H,5-6H2,1-4H3,(H,11,12)/t7-,8-. The van der Waals surface area contributed by atoms with Crippen LogP contribution in [0.15, 0.2) is 0 Å². The van der Waals surface area contributed by atoms with E-state index >= 15 is 0 Å². The third-order valence-corrected chi connectivity index (χ3v) is 3.20. The number of thioether (sulfide) groups is 1. The van der Waals surface area contributed by atoms with Gasteiger partial charge in [0.2, 0.25) is 0 Å². The molecule has 14 heavy (non-hydrogen) atoms. The van der Waals surface area contributed by atoms with Crippen LogP contribution in [-0.4, -0.2) is 29.2 Å². The molecule has 4 heteroatoms. The number of hydrogen-bond donors (Lipinski definition) is 1. The lowest BCUT2D eigenvalue weighted by atomic mass is 9.92. The van der Waals surface area contributed by atoms with Gasteiger partial charge in [-0.15, -0.1) is 0 Å². The molecule has 0 aliphatic heterocycles. The molecular formula is C10H19NO2S. The van der Waals surface area contributed by atoms with Gasteiger partial charge in [-0.2, -0.15) is 11.8 Å². The summed E-state index contributed by atoms with van der Waals surface area (Å²) in [6, 6.07) is 0.322. The van der Waals surface area contributed by atoms with Crippen LogP contribution >= 0.6 is 11.8 Å². The summed E-state index contributed by atoms with van der Waals surface area (Å²) in [7, 11) is 0. The van der Waals surface area contributed by atoms with Gasteiger partial charge >= 0.3 is 6.09 Å². The summed E-state index contributed by atoms with van der Waals surface area (Å²) in [4.78, 5) is 11.3. The second-order valence-corrected chi connectivity index (χ2v) is 5.81. The molecule has 1 fully saturated rings. The first-order valence-corrected chi connectivity index (χ1v) is 6.22. The molecule has 0 heterocycles. The largest absolute Gasteiger partial charge is 0.444 e. The number of alkyl carbamates (subject to hydrolysis) is 1. The predicted octanol–water partition coefficient (Wildman–Crippen LogP) is 2.41. The number of ether oxygens (including phenoxy) is 1. The Bertz CT molecular complexity index is 207. The molecule has 1 rings (SSSR count). The Morgan fingerprint density at radius 1 is 1.43 bits per heavy atom. The summed E-state index contributed by atoms with van der Waals surface area (Å²) in [5, 5.41) is 3.58. The average molecular weight is 217 g/mol. The summed E-state index contributed by atoms with van der Waals surface area (Å²) in [5.41, 5.74) is -0.396. The first kappa shape index (κ1) is 11.7. The van der Waals surface area contributed by atoms with Crippen LogP contribution in [-0.2, 0) is 4.74 Å². The van der Waals surface area contributed by atoms with E-state index in [0.29, 0.717) is 6.04 Å². The predicted molar refractivity (Wildman–Crippen MR) is 59.7 cm³/mol. The number of carbonyl (C=O) groups is 1. The Morgan fingerprint density at radius 3 is 2.43 bits per heavy atom. The molecule has 0 radical (unpaired) electrons. The molecule has 1 amide bonds. The van der Waals surface area contributed by atoms with E-state index in [9.17, 15) is 4.79 Å². The summed E-state index contributed by atoms with van der Waals surface area (Å²) < 4.78 is 5.16. The minimum Gasteiger partial charge on any atom is -0.444 e. The van der Waals surface area contributed by atoms with E-state index in [0.717, 1.165) is 18.1 Å². The van der Waals surface area contributed by atoms with Crippen molar-refractivity contribution < 1.29 is 9.53 Å². The van der Waals surface area contributed by atoms with Crippen molar-refractivity contribution in [3.8, 4) is 0 Å². The Morgan fingerprint density at radius 2 is 2.00 bits per heavy atom. The van der Waals surface area contributed by atoms with Crippen LogP contribution in [0.3, 0.4) is 0 Å². The highest BCUT2D eigenvalue weighted by Gasteiger charge is 2.30. The molecule has 82 valence electrons. The van der Waals surface area contributed by atoms with Crippen LogP contribution in [0.25, 0.3) is 0 Å². The van der Waals surface area contributed by atoms with E-state index in [-0.39, 0.29) is 6.09 Å². The SMILES string of the molecule is CS[C@H]1C[C@H](NC(=O)OC(C)(C)C)C1. The molecule has 1 aliphatic rings. The van der Waals surface area contributed by atoms with Gasteiger partial charge in [0, 0.05) is 11.3 Å². The van der Waals surface area contributed by atoms with Crippen molar-refractivity contribution in [3.05, 3.63) is 0 Å². The summed E-state index contributed by atoms with van der Waals surface area (Å²) >= 11 is 1.86. The number of amides is 1. The summed E-state index contributed by atoms with van der Waals surface area (Å²) in [5.74, 6) is 0. The third kappa shape index (κ3) is 3.78. The van der Waals surface area contributed by atoms with Crippen molar-refractivity contribution in [2.24, 2.45) is 0 Å². The molecule has 0 spiro atoms. The zero-order valence-electron chi connectivity index (χ0n) is 9.29. The molecule has 1 saturated carbocycles. The van der Waals surface area contributed by atoms with Crippen LogP contribution in [0.2, 0.25) is 0 Å². The van der Waals surface area contributed by atoms with E-state index in [4.69, 9.17) is 4.74 Å². The van der Waals surface area contributed by atoms with E-state index in [1.54, 1.807) is 0 Å². The highest BCUT2D eigenvalue weighted by atomic mass is 32.2. The van der Waals surface area contributed by atoms with Crippen LogP contribution in [0.5, 0.6) is 0 Å². The molecule has 0 bridgehead atoms. The van der Waals surface area contributed by atoms with Crippen molar-refractivity contribution >= 4 is 17.9 Å². The second kappa shape index (κ2) is 4.43. The normalized spacial score (nSPS) is 26.6. The quantitative estimate of drug-likeness (QED) is 0.772. The van der Waals surface area contributed by atoms with Crippen LogP contribution in [0.1, 0.15) is 33.6 Å². The first-order valence-electron chi connectivity index (χ1n) is 4.93. The molecule has 0 aromatic heterocycles. The number of hydrogen-bond acceptors (Lipinski definition) is 3. The van der Waals surface area contributed by atoms with E-state index in [1.807, 2.05) is 32.5 Å². The number of nitrogens with one attached hydrogen (secondary N) is 1. The van der Waals surface area contributed by atoms with Gasteiger partial charge in [0.15, 0.2) is 0 Å². The van der Waals surface area contributed by atoms with Gasteiger partial charge in [-0.1, -0.05) is 0 Å². The monoisotopic (exact) mass is 217 g/mol. The van der Waals surface area contributed by atoms with Gasteiger partial charge in [-0.05, 0) is 39.9 Å². The maximum absolute atomic E-state index is 11.3. The number of rotatable bonds is 2. The zero-order chi connectivity index (χ0) is 10.8. The topological polar surface area (TPSA) is 38.3 Å². The molecule has 1 N–H and O–H groups in total. The average Bonchev–Trinajstić information content (AvgIpc) is 1.91. The van der Waals surface area contributed by atoms with Gasteiger partial charge in [-0.25, -0.2) is 4.79 Å². The first-order chi connectivity index (χ1) is 6.40. The fraction of sp³-hybridized carbons (Fsp3) is 0.900. The molecule has 0 unspecified atom stereocenters. The summed E-state index contributed by atoms with van der Waals surface area (Å²) in [6.45, 7) is 5.62. The Balaban J connectivity index is 2.17. The molecule has 0 atom stereocenters. The molecular weight excluding hydrogens is 198 g/mol. The van der Waals surface area contributed by atoms with Crippen molar-refractivity contribution in [1.82, 2.24) is 5.32 Å². The van der Waals surface area contributed by atoms with Crippen LogP contribution < -0.4 is 5.32 Å². The fourth-order valence-corrected chi connectivity index (χ4v) is 2.20. The van der Waals surface area contributed by atoms with Crippen molar-refractivity contribution in [1.29, 1.82) is 0 Å². The van der Waals surface area contributed by atoms with Crippen LogP contribution in [0.4, 0.5) is 4.79 Å². The lowest BCUT2D eigenvalue weighted by molar-refractivity contribution is 0.0482. The minimum atomic E-state index is -0.396. The van der Waals surface area contributed by atoms with Crippen molar-refractivity contribution in [3.63, 3.8) is 0 Å². The smallest absolute Gasteiger partial charge is 0.407 e. The zero-order valence-corrected chi connectivity index (χ0v) is 10.1. The third-order valence-electron chi connectivity index (χ3n) is 2.15. The van der Waals surface area contributed by atoms with Gasteiger partial charge < -0.3 is 10.1 Å². The Kier molecular flexibility index (Phi) is 3.70. The lowest BCUT2D eigenvalue weighted by Gasteiger charge is -2.34.